The van der Waals surface area contributed by atoms with Crippen LogP contribution in [0.4, 0.5) is 11.5 Å². The molecule has 3 heterocycles. The lowest BCUT2D eigenvalue weighted by Gasteiger charge is -2.48. The van der Waals surface area contributed by atoms with Gasteiger partial charge >= 0.3 is 0 Å². The van der Waals surface area contributed by atoms with E-state index in [2.05, 4.69) is 63.6 Å². The van der Waals surface area contributed by atoms with Crippen molar-refractivity contribution in [2.24, 2.45) is 0 Å². The van der Waals surface area contributed by atoms with Crippen molar-refractivity contribution in [3.63, 3.8) is 0 Å². The Hall–Kier alpha value is -1.71. The Balaban J connectivity index is 1.50. The van der Waals surface area contributed by atoms with Crippen molar-refractivity contribution in [1.29, 1.82) is 0 Å². The molecular weight excluding hydrogens is 400 g/mol. The van der Waals surface area contributed by atoms with Crippen molar-refractivity contribution < 1.29 is 4.79 Å². The number of aromatic amines is 1. The van der Waals surface area contributed by atoms with Gasteiger partial charge in [-0.15, -0.1) is 0 Å². The molecule has 0 aromatic carbocycles. The second-order valence-electron chi connectivity index (χ2n) is 9.97. The lowest BCUT2D eigenvalue weighted by molar-refractivity contribution is -0.121. The molecule has 0 bridgehead atoms. The fraction of sp³-hybridized carbons (Fsp3) is 0.650. The highest BCUT2D eigenvalue weighted by atomic mass is 32.1. The van der Waals surface area contributed by atoms with E-state index >= 15 is 0 Å². The van der Waals surface area contributed by atoms with Crippen LogP contribution in [0.5, 0.6) is 0 Å². The number of aryl methyl sites for hydroxylation is 1. The topological polar surface area (TPSA) is 85.9 Å². The average molecular weight is 433 g/mol. The van der Waals surface area contributed by atoms with Gasteiger partial charge in [-0.1, -0.05) is 26.1 Å². The van der Waals surface area contributed by atoms with Crippen LogP contribution in [0.1, 0.15) is 50.1 Å². The maximum absolute atomic E-state index is 13.3. The van der Waals surface area contributed by atoms with Gasteiger partial charge in [-0.2, -0.15) is 9.47 Å². The molecule has 3 N–H and O–H groups in total. The summed E-state index contributed by atoms with van der Waals surface area (Å²) >= 11 is 1.47. The highest BCUT2D eigenvalue weighted by Gasteiger charge is 2.54. The number of aromatic nitrogens is 3. The summed E-state index contributed by atoms with van der Waals surface area (Å²) in [7, 11) is -1.61. The highest BCUT2D eigenvalue weighted by molar-refractivity contribution is 7.04. The highest BCUT2D eigenvalue weighted by Crippen LogP contribution is 2.56. The van der Waals surface area contributed by atoms with Gasteiger partial charge in [0.15, 0.2) is 5.82 Å². The number of fused-ring (bicyclic) bond motifs is 1. The Morgan fingerprint density at radius 3 is 2.62 bits per heavy atom. The molecule has 2 aromatic rings. The second-order valence-corrected chi connectivity index (χ2v) is 16.1. The lowest BCUT2D eigenvalue weighted by atomic mass is 9.83. The molecule has 29 heavy (non-hydrogen) atoms. The second kappa shape index (κ2) is 6.92. The van der Waals surface area contributed by atoms with Gasteiger partial charge < -0.3 is 10.6 Å². The molecule has 2 aromatic heterocycles. The number of nitrogens with one attached hydrogen (secondary N) is 3. The van der Waals surface area contributed by atoms with Crippen LogP contribution in [0.15, 0.2) is 5.38 Å². The van der Waals surface area contributed by atoms with Gasteiger partial charge in [0.1, 0.15) is 0 Å². The van der Waals surface area contributed by atoms with E-state index in [4.69, 9.17) is 0 Å². The molecule has 9 heteroatoms. The van der Waals surface area contributed by atoms with Gasteiger partial charge in [0, 0.05) is 22.5 Å². The van der Waals surface area contributed by atoms with E-state index in [1.54, 1.807) is 0 Å². The molecule has 0 saturated heterocycles. The van der Waals surface area contributed by atoms with E-state index < -0.39 is 8.07 Å². The fourth-order valence-electron chi connectivity index (χ4n) is 4.65. The third-order valence-electron chi connectivity index (χ3n) is 7.14. The quantitative estimate of drug-likeness (QED) is 0.585. The van der Waals surface area contributed by atoms with E-state index in [0.29, 0.717) is 12.5 Å². The summed E-state index contributed by atoms with van der Waals surface area (Å²) in [5.74, 6) is 0.880. The summed E-state index contributed by atoms with van der Waals surface area (Å²) in [5.41, 5.74) is 4.11. The van der Waals surface area contributed by atoms with Crippen molar-refractivity contribution in [3.05, 3.63) is 22.3 Å². The van der Waals surface area contributed by atoms with Crippen molar-refractivity contribution in [2.45, 2.75) is 76.8 Å². The van der Waals surface area contributed by atoms with Crippen molar-refractivity contribution in [3.8, 4) is 0 Å². The number of carbonyl (C=O) groups is 1. The van der Waals surface area contributed by atoms with Gasteiger partial charge in [0.05, 0.1) is 37.4 Å². The molecule has 0 atom stereocenters. The van der Waals surface area contributed by atoms with Gasteiger partial charge in [-0.25, -0.2) is 0 Å². The number of anilines is 2. The number of hydrogen-bond donors (Lipinski definition) is 3. The molecule has 0 radical (unpaired) electrons. The van der Waals surface area contributed by atoms with Gasteiger partial charge in [-0.05, 0) is 45.1 Å². The normalized spacial score (nSPS) is 20.2. The van der Waals surface area contributed by atoms with E-state index in [9.17, 15) is 4.79 Å². The predicted molar refractivity (Wildman–Crippen MR) is 121 cm³/mol. The molecule has 1 aliphatic heterocycles. The van der Waals surface area contributed by atoms with E-state index in [1.165, 1.54) is 11.5 Å². The molecule has 1 saturated carbocycles. The van der Waals surface area contributed by atoms with Gasteiger partial charge in [0.25, 0.3) is 0 Å². The molecule has 158 valence electrons. The number of amides is 1. The summed E-state index contributed by atoms with van der Waals surface area (Å²) in [6.45, 7) is 14.8. The Morgan fingerprint density at radius 1 is 1.34 bits per heavy atom. The molecule has 4 rings (SSSR count). The first-order chi connectivity index (χ1) is 13.6. The SMILES string of the molecule is Cc1nscc1NCN1Cc2c(NC(=O)C3([Si](C)(C)C)CCC3)n[nH]c2C1(C)C. The smallest absolute Gasteiger partial charge is 0.229 e. The lowest BCUT2D eigenvalue weighted by Crippen LogP contribution is -2.52. The standard InChI is InChI=1S/C20H32N6OSSi/c1-13-15(11-28-25-13)21-12-26-10-14-16(19(26,2)3)23-24-17(14)22-18(27)20(8-7-9-20)29(4,5)6/h11,21H,7-10,12H2,1-6H3,(H2,22,23,24,27). The van der Waals surface area contributed by atoms with Crippen LogP contribution >= 0.6 is 11.5 Å². The minimum atomic E-state index is -1.61. The number of carbonyl (C=O) groups excluding carboxylic acids is 1. The minimum Gasteiger partial charge on any atom is -0.370 e. The van der Waals surface area contributed by atoms with Crippen LogP contribution in [0, 0.1) is 6.92 Å². The van der Waals surface area contributed by atoms with Crippen LogP contribution in [-0.2, 0) is 16.9 Å². The molecule has 1 aliphatic carbocycles. The van der Waals surface area contributed by atoms with Crippen LogP contribution in [0.3, 0.4) is 0 Å². The van der Waals surface area contributed by atoms with E-state index in [1.807, 2.05) is 12.3 Å². The third kappa shape index (κ3) is 3.23. The first-order valence-electron chi connectivity index (χ1n) is 10.4. The molecule has 0 unspecified atom stereocenters. The first-order valence-corrected chi connectivity index (χ1v) is 14.7. The van der Waals surface area contributed by atoms with E-state index in [-0.39, 0.29) is 16.5 Å². The van der Waals surface area contributed by atoms with Crippen LogP contribution < -0.4 is 10.6 Å². The molecule has 2 aliphatic rings. The summed E-state index contributed by atoms with van der Waals surface area (Å²) in [6, 6.07) is 0. The molecule has 7 nitrogen and oxygen atoms in total. The molecule has 1 fully saturated rings. The molecule has 1 amide bonds. The maximum Gasteiger partial charge on any atom is 0.229 e. The zero-order valence-corrected chi connectivity index (χ0v) is 20.1. The average Bonchev–Trinajstić information content (AvgIpc) is 3.21. The Kier molecular flexibility index (Phi) is 4.90. The Labute approximate surface area is 177 Å². The van der Waals surface area contributed by atoms with Crippen LogP contribution in [0.25, 0.3) is 0 Å². The van der Waals surface area contributed by atoms with E-state index in [0.717, 1.165) is 48.4 Å². The Bertz CT molecular complexity index is 924. The zero-order chi connectivity index (χ0) is 21.0. The Morgan fingerprint density at radius 2 is 2.07 bits per heavy atom. The summed E-state index contributed by atoms with van der Waals surface area (Å²) in [5, 5.41) is 16.3. The minimum absolute atomic E-state index is 0.155. The van der Waals surface area contributed by atoms with Crippen molar-refractivity contribution >= 4 is 37.0 Å². The number of rotatable bonds is 6. The van der Waals surface area contributed by atoms with Gasteiger partial charge in [-0.3, -0.25) is 14.8 Å². The number of H-pyrrole nitrogens is 1. The largest absolute Gasteiger partial charge is 0.370 e. The number of hydrogen-bond acceptors (Lipinski definition) is 6. The monoisotopic (exact) mass is 432 g/mol. The van der Waals surface area contributed by atoms with Crippen molar-refractivity contribution in [2.75, 3.05) is 17.3 Å². The molecular formula is C20H32N6OSSi. The predicted octanol–water partition coefficient (Wildman–Crippen LogP) is 4.50. The first kappa shape index (κ1) is 20.6. The van der Waals surface area contributed by atoms with Crippen LogP contribution in [-0.4, -0.2) is 40.1 Å². The third-order valence-corrected chi connectivity index (χ3v) is 11.5. The maximum atomic E-state index is 13.3. The van der Waals surface area contributed by atoms with Gasteiger partial charge in [0.2, 0.25) is 5.91 Å². The fourth-order valence-corrected chi connectivity index (χ4v) is 7.91. The summed E-state index contributed by atoms with van der Waals surface area (Å²) in [4.78, 5) is 15.6. The van der Waals surface area contributed by atoms with Crippen LogP contribution in [0.2, 0.25) is 24.7 Å². The molecule has 0 spiro atoms. The summed E-state index contributed by atoms with van der Waals surface area (Å²) < 4.78 is 4.33. The number of nitrogens with zero attached hydrogens (tertiary/aromatic N) is 3. The van der Waals surface area contributed by atoms with Crippen molar-refractivity contribution in [1.82, 2.24) is 19.5 Å². The zero-order valence-electron chi connectivity index (χ0n) is 18.3. The summed E-state index contributed by atoms with van der Waals surface area (Å²) in [6.07, 6.45) is 3.17.